The molecule has 0 aliphatic heterocycles. The van der Waals surface area contributed by atoms with Crippen LogP contribution < -0.4 is 0 Å². The largest absolute Gasteiger partial charge is 2.00 e. The minimum Gasteiger partial charge on any atom is -0.165 e. The average Bonchev–Trinajstić information content (AvgIpc) is 3.41. The molecule has 6 aromatic rings. The van der Waals surface area contributed by atoms with Gasteiger partial charge < -0.3 is 0 Å². The molecule has 1 heteroatoms. The Morgan fingerprint density at radius 3 is 1.24 bits per heavy atom. The average molecular weight is 458 g/mol. The predicted octanol–water partition coefficient (Wildman–Crippen LogP) is 9.07. The van der Waals surface area contributed by atoms with E-state index in [1.54, 1.807) is 0 Å². The number of rotatable bonds is 2. The molecule has 0 atom stereocenters. The molecule has 0 spiro atoms. The fourth-order valence-electron chi connectivity index (χ4n) is 4.51. The number of fused-ring (bicyclic) bond motifs is 2. The third-order valence-electron chi connectivity index (χ3n) is 5.96. The summed E-state index contributed by atoms with van der Waals surface area (Å²) in [5.41, 5.74) is 7.89. The van der Waals surface area contributed by atoms with Crippen LogP contribution in [0.2, 0.25) is 0 Å². The molecule has 0 aliphatic rings. The van der Waals surface area contributed by atoms with Crippen molar-refractivity contribution in [3.05, 3.63) is 132 Å². The third kappa shape index (κ3) is 4.93. The van der Waals surface area contributed by atoms with E-state index in [9.17, 15) is 0 Å². The van der Waals surface area contributed by atoms with Gasteiger partial charge in [0.2, 0.25) is 0 Å². The van der Waals surface area contributed by atoms with Gasteiger partial charge in [0, 0.05) is 0 Å². The van der Waals surface area contributed by atoms with Crippen LogP contribution >= 0.6 is 0 Å². The summed E-state index contributed by atoms with van der Waals surface area (Å²) >= 11 is 0. The van der Waals surface area contributed by atoms with E-state index in [1.807, 2.05) is 0 Å². The van der Waals surface area contributed by atoms with Crippen molar-refractivity contribution in [1.29, 1.82) is 0 Å². The molecular weight excluding hydrogens is 432 g/mol. The Hall–Kier alpha value is -3.19. The van der Waals surface area contributed by atoms with Gasteiger partial charge in [0.25, 0.3) is 0 Å². The molecule has 0 radical (unpaired) electrons. The Kier molecular flexibility index (Phi) is 7.09. The Labute approximate surface area is 211 Å². The zero-order chi connectivity index (χ0) is 21.9. The molecule has 0 unspecified atom stereocenters. The van der Waals surface area contributed by atoms with Crippen molar-refractivity contribution in [1.82, 2.24) is 0 Å². The van der Waals surface area contributed by atoms with Gasteiger partial charge in [-0.15, -0.1) is 69.1 Å². The maximum Gasteiger partial charge on any atom is 2.00 e. The number of aryl methyl sites for hydroxylation is 2. The first-order valence-electron chi connectivity index (χ1n) is 11.1. The molecule has 33 heavy (non-hydrogen) atoms. The fraction of sp³-hybridized carbons (Fsp3) is 0.0625. The second-order valence-electron chi connectivity index (χ2n) is 8.41. The van der Waals surface area contributed by atoms with Crippen LogP contribution in [0.3, 0.4) is 0 Å². The zero-order valence-corrected chi connectivity index (χ0v) is 20.6. The standard InChI is InChI=1S/2C16H13.Ti/c2*1-12-10-14-8-5-9-15(16(14)11-12)13-6-3-2-4-7-13;/h2*2-11H,1H3;/q2*-1;+2. The first-order valence-corrected chi connectivity index (χ1v) is 11.1. The maximum atomic E-state index is 2.26. The van der Waals surface area contributed by atoms with E-state index >= 15 is 0 Å². The van der Waals surface area contributed by atoms with Gasteiger partial charge in [0.1, 0.15) is 0 Å². The summed E-state index contributed by atoms with van der Waals surface area (Å²) in [6, 6.07) is 43.1. The Bertz CT molecular complexity index is 1350. The first-order chi connectivity index (χ1) is 15.7. The number of hydrogen-bond donors (Lipinski definition) is 0. The molecule has 0 nitrogen and oxygen atoms in total. The Balaban J connectivity index is 0.000000152. The summed E-state index contributed by atoms with van der Waals surface area (Å²) in [5, 5.41) is 5.37. The zero-order valence-electron chi connectivity index (χ0n) is 19.0. The molecular formula is C32H26Ti. The molecule has 0 bridgehead atoms. The van der Waals surface area contributed by atoms with Gasteiger partial charge in [0.05, 0.1) is 0 Å². The molecule has 0 N–H and O–H groups in total. The molecule has 0 fully saturated rings. The predicted molar refractivity (Wildman–Crippen MR) is 139 cm³/mol. The second kappa shape index (κ2) is 10.2. The van der Waals surface area contributed by atoms with Crippen LogP contribution in [0.5, 0.6) is 0 Å². The Morgan fingerprint density at radius 1 is 0.455 bits per heavy atom. The maximum absolute atomic E-state index is 2.26. The Morgan fingerprint density at radius 2 is 0.848 bits per heavy atom. The smallest absolute Gasteiger partial charge is 0.165 e. The van der Waals surface area contributed by atoms with E-state index in [4.69, 9.17) is 0 Å². The van der Waals surface area contributed by atoms with Crippen molar-refractivity contribution in [3.63, 3.8) is 0 Å². The van der Waals surface area contributed by atoms with E-state index in [0.29, 0.717) is 0 Å². The van der Waals surface area contributed by atoms with Crippen molar-refractivity contribution >= 4 is 21.5 Å². The van der Waals surface area contributed by atoms with Gasteiger partial charge >= 0.3 is 21.7 Å². The molecule has 158 valence electrons. The van der Waals surface area contributed by atoms with E-state index < -0.39 is 0 Å². The van der Waals surface area contributed by atoms with Crippen LogP contribution in [-0.4, -0.2) is 0 Å². The van der Waals surface area contributed by atoms with Crippen molar-refractivity contribution in [2.24, 2.45) is 0 Å². The van der Waals surface area contributed by atoms with Crippen molar-refractivity contribution < 1.29 is 21.7 Å². The van der Waals surface area contributed by atoms with Gasteiger partial charge in [0.15, 0.2) is 0 Å². The van der Waals surface area contributed by atoms with Crippen molar-refractivity contribution in [3.8, 4) is 22.3 Å². The van der Waals surface area contributed by atoms with Crippen LogP contribution in [0, 0.1) is 13.8 Å². The van der Waals surface area contributed by atoms with Crippen LogP contribution in [0.15, 0.2) is 121 Å². The van der Waals surface area contributed by atoms with Gasteiger partial charge in [-0.05, 0) is 11.1 Å². The van der Waals surface area contributed by atoms with Crippen LogP contribution in [-0.2, 0) is 21.7 Å². The second-order valence-corrected chi connectivity index (χ2v) is 8.41. The minimum absolute atomic E-state index is 0. The molecule has 0 amide bonds. The molecule has 0 aromatic heterocycles. The molecule has 6 rings (SSSR count). The molecule has 0 heterocycles. The van der Waals surface area contributed by atoms with Gasteiger partial charge in [-0.3, -0.25) is 0 Å². The summed E-state index contributed by atoms with van der Waals surface area (Å²) in [6.07, 6.45) is 0. The number of benzene rings is 4. The molecule has 0 saturated carbocycles. The first kappa shape index (κ1) is 23.0. The number of hydrogen-bond acceptors (Lipinski definition) is 0. The monoisotopic (exact) mass is 458 g/mol. The van der Waals surface area contributed by atoms with E-state index in [0.717, 1.165) is 0 Å². The summed E-state index contributed by atoms with van der Waals surface area (Å²) in [5.74, 6) is 0. The van der Waals surface area contributed by atoms with E-state index in [1.165, 1.54) is 54.9 Å². The van der Waals surface area contributed by atoms with Crippen LogP contribution in [0.4, 0.5) is 0 Å². The van der Waals surface area contributed by atoms with E-state index in [2.05, 4.69) is 135 Å². The quantitative estimate of drug-likeness (QED) is 0.179. The van der Waals surface area contributed by atoms with Gasteiger partial charge in [-0.25, -0.2) is 0 Å². The van der Waals surface area contributed by atoms with E-state index in [-0.39, 0.29) is 21.7 Å². The molecule has 6 aromatic carbocycles. The third-order valence-corrected chi connectivity index (χ3v) is 5.96. The van der Waals surface area contributed by atoms with Crippen molar-refractivity contribution in [2.45, 2.75) is 13.8 Å². The van der Waals surface area contributed by atoms with Crippen LogP contribution in [0.25, 0.3) is 43.8 Å². The van der Waals surface area contributed by atoms with Crippen molar-refractivity contribution in [2.75, 3.05) is 0 Å². The molecule has 0 aliphatic carbocycles. The summed E-state index contributed by atoms with van der Waals surface area (Å²) in [6.45, 7) is 4.30. The summed E-state index contributed by atoms with van der Waals surface area (Å²) in [7, 11) is 0. The normalized spacial score (nSPS) is 10.5. The molecule has 0 saturated heterocycles. The summed E-state index contributed by atoms with van der Waals surface area (Å²) < 4.78 is 0. The van der Waals surface area contributed by atoms with Crippen LogP contribution in [0.1, 0.15) is 11.1 Å². The fourth-order valence-corrected chi connectivity index (χ4v) is 4.51. The summed E-state index contributed by atoms with van der Waals surface area (Å²) in [4.78, 5) is 0. The SMILES string of the molecule is Cc1cc2c(-c3ccccc3)cccc2[cH-]1.Cc1cc2c(-c3ccccc3)cccc2[cH-]1.[Ti+2]. The van der Waals surface area contributed by atoms with Gasteiger partial charge in [-0.2, -0.15) is 12.1 Å². The topological polar surface area (TPSA) is 0 Å². The minimum atomic E-state index is 0. The van der Waals surface area contributed by atoms with Gasteiger partial charge in [-0.1, -0.05) is 97.8 Å².